The SMILES string of the molecule is CC(=O)Nc1ccc(NC(=O)c2cccc(-c3ccc(C(N)=O)cc3)n2)cc1. The number of pyridine rings is 1. The second-order valence-electron chi connectivity index (χ2n) is 6.06. The molecular weight excluding hydrogens is 356 g/mol. The van der Waals surface area contributed by atoms with E-state index < -0.39 is 5.91 Å². The van der Waals surface area contributed by atoms with Gasteiger partial charge in [0.15, 0.2) is 0 Å². The standard InChI is InChI=1S/C21H18N4O3/c1-13(26)23-16-9-11-17(12-10-16)24-21(28)19-4-2-3-18(25-19)14-5-7-15(8-6-14)20(22)27/h2-12H,1H3,(H2,22,27)(H,23,26)(H,24,28). The van der Waals surface area contributed by atoms with Crippen LogP contribution in [0, 0.1) is 0 Å². The van der Waals surface area contributed by atoms with Crippen molar-refractivity contribution in [3.8, 4) is 11.3 Å². The van der Waals surface area contributed by atoms with Gasteiger partial charge in [0.25, 0.3) is 5.91 Å². The predicted octanol–water partition coefficient (Wildman–Crippen LogP) is 3.06. The molecule has 3 amide bonds. The third kappa shape index (κ3) is 4.59. The molecule has 2 aromatic carbocycles. The van der Waals surface area contributed by atoms with Crippen LogP contribution in [-0.4, -0.2) is 22.7 Å². The lowest BCUT2D eigenvalue weighted by molar-refractivity contribution is -0.114. The Morgan fingerprint density at radius 1 is 0.821 bits per heavy atom. The molecule has 0 spiro atoms. The fraction of sp³-hybridized carbons (Fsp3) is 0.0476. The van der Waals surface area contributed by atoms with Gasteiger partial charge in [0, 0.05) is 29.4 Å². The highest BCUT2D eigenvalue weighted by Gasteiger charge is 2.10. The maximum atomic E-state index is 12.5. The number of nitrogens with two attached hydrogens (primary N) is 1. The zero-order chi connectivity index (χ0) is 20.1. The van der Waals surface area contributed by atoms with Crippen LogP contribution in [0.25, 0.3) is 11.3 Å². The number of hydrogen-bond donors (Lipinski definition) is 3. The summed E-state index contributed by atoms with van der Waals surface area (Å²) >= 11 is 0. The molecule has 0 saturated heterocycles. The highest BCUT2D eigenvalue weighted by atomic mass is 16.2. The third-order valence-corrected chi connectivity index (χ3v) is 3.91. The average molecular weight is 374 g/mol. The Labute approximate surface area is 161 Å². The Hall–Kier alpha value is -4.00. The van der Waals surface area contributed by atoms with Crippen LogP contribution in [-0.2, 0) is 4.79 Å². The van der Waals surface area contributed by atoms with Gasteiger partial charge in [-0.3, -0.25) is 14.4 Å². The summed E-state index contributed by atoms with van der Waals surface area (Å²) in [5.74, 6) is -1.03. The molecule has 140 valence electrons. The molecule has 1 aromatic heterocycles. The van der Waals surface area contributed by atoms with Crippen molar-refractivity contribution >= 4 is 29.1 Å². The van der Waals surface area contributed by atoms with Gasteiger partial charge in [-0.2, -0.15) is 0 Å². The summed E-state index contributed by atoms with van der Waals surface area (Å²) in [7, 11) is 0. The largest absolute Gasteiger partial charge is 0.366 e. The normalized spacial score (nSPS) is 10.2. The molecule has 7 heteroatoms. The number of benzene rings is 2. The van der Waals surface area contributed by atoms with Crippen LogP contribution in [0.3, 0.4) is 0 Å². The Bertz CT molecular complexity index is 1030. The summed E-state index contributed by atoms with van der Waals surface area (Å²) in [5, 5.41) is 5.43. The molecule has 0 aliphatic carbocycles. The first-order valence-corrected chi connectivity index (χ1v) is 8.49. The van der Waals surface area contributed by atoms with E-state index in [1.807, 2.05) is 0 Å². The number of primary amides is 1. The summed E-state index contributed by atoms with van der Waals surface area (Å²) in [6.45, 7) is 1.43. The van der Waals surface area contributed by atoms with E-state index in [2.05, 4.69) is 15.6 Å². The summed E-state index contributed by atoms with van der Waals surface area (Å²) < 4.78 is 0. The van der Waals surface area contributed by atoms with Gasteiger partial charge >= 0.3 is 0 Å². The maximum Gasteiger partial charge on any atom is 0.274 e. The van der Waals surface area contributed by atoms with Gasteiger partial charge < -0.3 is 16.4 Å². The highest BCUT2D eigenvalue weighted by Crippen LogP contribution is 2.19. The Morgan fingerprint density at radius 2 is 1.43 bits per heavy atom. The smallest absolute Gasteiger partial charge is 0.274 e. The monoisotopic (exact) mass is 374 g/mol. The molecule has 28 heavy (non-hydrogen) atoms. The molecule has 0 bridgehead atoms. The molecule has 3 aromatic rings. The van der Waals surface area contributed by atoms with Crippen molar-refractivity contribution in [3.63, 3.8) is 0 Å². The van der Waals surface area contributed by atoms with E-state index in [1.54, 1.807) is 66.7 Å². The second-order valence-corrected chi connectivity index (χ2v) is 6.06. The number of anilines is 2. The van der Waals surface area contributed by atoms with E-state index in [4.69, 9.17) is 5.73 Å². The zero-order valence-electron chi connectivity index (χ0n) is 15.1. The Balaban J connectivity index is 1.75. The van der Waals surface area contributed by atoms with Crippen LogP contribution in [0.15, 0.2) is 66.7 Å². The van der Waals surface area contributed by atoms with Crippen molar-refractivity contribution in [3.05, 3.63) is 78.0 Å². The van der Waals surface area contributed by atoms with Crippen molar-refractivity contribution in [1.82, 2.24) is 4.98 Å². The molecule has 0 aliphatic rings. The summed E-state index contributed by atoms with van der Waals surface area (Å²) in [4.78, 5) is 39.1. The minimum atomic E-state index is -0.503. The van der Waals surface area contributed by atoms with Gasteiger partial charge in [0.05, 0.1) is 5.69 Å². The third-order valence-electron chi connectivity index (χ3n) is 3.91. The lowest BCUT2D eigenvalue weighted by Gasteiger charge is -2.08. The quantitative estimate of drug-likeness (QED) is 0.637. The summed E-state index contributed by atoms with van der Waals surface area (Å²) in [5.41, 5.74) is 8.49. The lowest BCUT2D eigenvalue weighted by Crippen LogP contribution is -2.14. The van der Waals surface area contributed by atoms with Crippen LogP contribution in [0.4, 0.5) is 11.4 Å². The summed E-state index contributed by atoms with van der Waals surface area (Å²) in [6, 6.07) is 18.6. The lowest BCUT2D eigenvalue weighted by atomic mass is 10.1. The van der Waals surface area contributed by atoms with Crippen molar-refractivity contribution in [2.45, 2.75) is 6.92 Å². The van der Waals surface area contributed by atoms with Crippen LogP contribution in [0.1, 0.15) is 27.8 Å². The number of nitrogens with zero attached hydrogens (tertiary/aromatic N) is 1. The number of hydrogen-bond acceptors (Lipinski definition) is 4. The number of carbonyl (C=O) groups excluding carboxylic acids is 3. The number of nitrogens with one attached hydrogen (secondary N) is 2. The molecule has 1 heterocycles. The first-order chi connectivity index (χ1) is 13.4. The molecule has 0 unspecified atom stereocenters. The van der Waals surface area contributed by atoms with E-state index in [-0.39, 0.29) is 17.5 Å². The summed E-state index contributed by atoms with van der Waals surface area (Å²) in [6.07, 6.45) is 0. The Morgan fingerprint density at radius 3 is 2.00 bits per heavy atom. The van der Waals surface area contributed by atoms with Gasteiger partial charge in [0.2, 0.25) is 11.8 Å². The number of carbonyl (C=O) groups is 3. The van der Waals surface area contributed by atoms with Gasteiger partial charge in [0.1, 0.15) is 5.69 Å². The topological polar surface area (TPSA) is 114 Å². The van der Waals surface area contributed by atoms with Crippen LogP contribution < -0.4 is 16.4 Å². The van der Waals surface area contributed by atoms with Gasteiger partial charge in [-0.1, -0.05) is 18.2 Å². The maximum absolute atomic E-state index is 12.5. The number of aromatic nitrogens is 1. The first kappa shape index (κ1) is 18.8. The first-order valence-electron chi connectivity index (χ1n) is 8.49. The molecule has 0 radical (unpaired) electrons. The average Bonchev–Trinajstić information content (AvgIpc) is 2.69. The molecule has 0 atom stereocenters. The van der Waals surface area contributed by atoms with Crippen molar-refractivity contribution < 1.29 is 14.4 Å². The van der Waals surface area contributed by atoms with Crippen LogP contribution in [0.2, 0.25) is 0 Å². The van der Waals surface area contributed by atoms with E-state index >= 15 is 0 Å². The van der Waals surface area contributed by atoms with Gasteiger partial charge in [-0.15, -0.1) is 0 Å². The van der Waals surface area contributed by atoms with E-state index in [0.29, 0.717) is 22.6 Å². The fourth-order valence-electron chi connectivity index (χ4n) is 2.56. The minimum absolute atomic E-state index is 0.165. The molecular formula is C21H18N4O3. The van der Waals surface area contributed by atoms with Gasteiger partial charge in [-0.05, 0) is 48.5 Å². The Kier molecular flexibility index (Phi) is 5.45. The van der Waals surface area contributed by atoms with Crippen molar-refractivity contribution in [2.24, 2.45) is 5.73 Å². The number of amides is 3. The van der Waals surface area contributed by atoms with E-state index in [0.717, 1.165) is 5.56 Å². The zero-order valence-corrected chi connectivity index (χ0v) is 15.1. The molecule has 0 fully saturated rings. The fourth-order valence-corrected chi connectivity index (χ4v) is 2.56. The predicted molar refractivity (Wildman–Crippen MR) is 107 cm³/mol. The molecule has 4 N–H and O–H groups in total. The van der Waals surface area contributed by atoms with Crippen molar-refractivity contribution in [2.75, 3.05) is 10.6 Å². The molecule has 0 saturated carbocycles. The minimum Gasteiger partial charge on any atom is -0.366 e. The van der Waals surface area contributed by atoms with Crippen LogP contribution in [0.5, 0.6) is 0 Å². The van der Waals surface area contributed by atoms with Crippen LogP contribution >= 0.6 is 0 Å². The van der Waals surface area contributed by atoms with Crippen molar-refractivity contribution in [1.29, 1.82) is 0 Å². The van der Waals surface area contributed by atoms with E-state index in [1.165, 1.54) is 6.92 Å². The van der Waals surface area contributed by atoms with Gasteiger partial charge in [-0.25, -0.2) is 4.98 Å². The molecule has 7 nitrogen and oxygen atoms in total. The highest BCUT2D eigenvalue weighted by molar-refractivity contribution is 6.03. The van der Waals surface area contributed by atoms with E-state index in [9.17, 15) is 14.4 Å². The number of rotatable bonds is 5. The second kappa shape index (κ2) is 8.13. The molecule has 0 aliphatic heterocycles. The molecule has 3 rings (SSSR count).